The number of carbonyl (C=O) groups excluding carboxylic acids is 1. The first kappa shape index (κ1) is 15.5. The largest absolute Gasteiger partial charge is 0.347 e. The number of nitrogens with zero attached hydrogens (tertiary/aromatic N) is 6. The first-order chi connectivity index (χ1) is 12.1. The van der Waals surface area contributed by atoms with E-state index in [0.717, 1.165) is 30.2 Å². The summed E-state index contributed by atoms with van der Waals surface area (Å²) < 4.78 is 3.75. The topological polar surface area (TPSA) is 90.5 Å². The fraction of sp³-hybridized carbons (Fsp3) is 0.353. The predicted octanol–water partition coefficient (Wildman–Crippen LogP) is 1.22. The molecule has 4 rings (SSSR count). The average molecular weight is 337 g/mol. The number of rotatable bonds is 3. The Kier molecular flexibility index (Phi) is 3.79. The van der Waals surface area contributed by atoms with Gasteiger partial charge in [0.2, 0.25) is 0 Å². The van der Waals surface area contributed by atoms with Crippen molar-refractivity contribution in [1.29, 1.82) is 0 Å². The van der Waals surface area contributed by atoms with E-state index in [2.05, 4.69) is 30.2 Å². The third-order valence-electron chi connectivity index (χ3n) is 4.59. The van der Waals surface area contributed by atoms with Crippen LogP contribution in [0.25, 0.3) is 5.82 Å². The van der Waals surface area contributed by atoms with E-state index >= 15 is 0 Å². The monoisotopic (exact) mass is 337 g/mol. The Hall–Kier alpha value is -3.03. The molecule has 0 aromatic carbocycles. The van der Waals surface area contributed by atoms with Crippen molar-refractivity contribution in [2.24, 2.45) is 0 Å². The molecule has 0 bridgehead atoms. The Bertz CT molecular complexity index is 912. The third-order valence-corrected chi connectivity index (χ3v) is 4.59. The summed E-state index contributed by atoms with van der Waals surface area (Å²) in [5.74, 6) is 2.45. The van der Waals surface area contributed by atoms with Crippen molar-refractivity contribution in [3.8, 4) is 5.82 Å². The van der Waals surface area contributed by atoms with Gasteiger partial charge < -0.3 is 9.88 Å². The second-order valence-electron chi connectivity index (χ2n) is 6.23. The molecule has 1 aliphatic heterocycles. The van der Waals surface area contributed by atoms with Crippen LogP contribution in [0.15, 0.2) is 30.6 Å². The van der Waals surface area contributed by atoms with Crippen LogP contribution < -0.4 is 5.32 Å². The van der Waals surface area contributed by atoms with Gasteiger partial charge in [-0.1, -0.05) is 6.07 Å². The van der Waals surface area contributed by atoms with Gasteiger partial charge in [0.15, 0.2) is 5.82 Å². The first-order valence-corrected chi connectivity index (χ1v) is 8.29. The van der Waals surface area contributed by atoms with Gasteiger partial charge in [0.25, 0.3) is 5.91 Å². The lowest BCUT2D eigenvalue weighted by Crippen LogP contribution is -2.41. The summed E-state index contributed by atoms with van der Waals surface area (Å²) in [4.78, 5) is 17.0. The van der Waals surface area contributed by atoms with Crippen molar-refractivity contribution in [2.75, 3.05) is 0 Å². The van der Waals surface area contributed by atoms with Crippen LogP contribution in [-0.2, 0) is 13.0 Å². The van der Waals surface area contributed by atoms with E-state index in [4.69, 9.17) is 0 Å². The van der Waals surface area contributed by atoms with E-state index < -0.39 is 0 Å². The molecule has 4 heterocycles. The van der Waals surface area contributed by atoms with Crippen molar-refractivity contribution >= 4 is 5.91 Å². The van der Waals surface area contributed by atoms with Crippen LogP contribution in [0.5, 0.6) is 0 Å². The van der Waals surface area contributed by atoms with Crippen molar-refractivity contribution in [3.05, 3.63) is 53.5 Å². The molecule has 0 saturated heterocycles. The van der Waals surface area contributed by atoms with Gasteiger partial charge in [-0.3, -0.25) is 4.79 Å². The van der Waals surface area contributed by atoms with Gasteiger partial charge in [-0.2, -0.15) is 5.10 Å². The second-order valence-corrected chi connectivity index (χ2v) is 6.23. The molecule has 0 radical (unpaired) electrons. The number of hydrogen-bond donors (Lipinski definition) is 1. The number of amides is 1. The summed E-state index contributed by atoms with van der Waals surface area (Å²) >= 11 is 0. The molecule has 1 amide bonds. The van der Waals surface area contributed by atoms with Crippen molar-refractivity contribution in [3.63, 3.8) is 0 Å². The Morgan fingerprint density at radius 2 is 2.16 bits per heavy atom. The smallest absolute Gasteiger partial charge is 0.255 e. The quantitative estimate of drug-likeness (QED) is 0.776. The van der Waals surface area contributed by atoms with Gasteiger partial charge in [0, 0.05) is 25.2 Å². The molecule has 0 aliphatic carbocycles. The summed E-state index contributed by atoms with van der Waals surface area (Å²) in [6.45, 7) is 4.51. The first-order valence-electron chi connectivity index (χ1n) is 8.29. The highest BCUT2D eigenvalue weighted by Crippen LogP contribution is 2.16. The molecule has 25 heavy (non-hydrogen) atoms. The summed E-state index contributed by atoms with van der Waals surface area (Å²) in [5, 5.41) is 15.7. The van der Waals surface area contributed by atoms with Crippen LogP contribution in [-0.4, -0.2) is 41.5 Å². The minimum absolute atomic E-state index is 0.0623. The molecule has 8 heteroatoms. The van der Waals surface area contributed by atoms with E-state index in [9.17, 15) is 4.79 Å². The zero-order valence-corrected chi connectivity index (χ0v) is 14.2. The lowest BCUT2D eigenvalue weighted by molar-refractivity contribution is 0.0926. The Morgan fingerprint density at radius 3 is 2.96 bits per heavy atom. The molecule has 0 spiro atoms. The van der Waals surface area contributed by atoms with Crippen molar-refractivity contribution in [1.82, 2.24) is 34.8 Å². The molecular weight excluding hydrogens is 318 g/mol. The summed E-state index contributed by atoms with van der Waals surface area (Å²) in [6.07, 6.45) is 4.98. The zero-order valence-electron chi connectivity index (χ0n) is 14.2. The summed E-state index contributed by atoms with van der Waals surface area (Å²) in [7, 11) is 0. The SMILES string of the molecule is Cc1c(C(=O)N[C@H]2CCc3nnc(C)n3C2)cnn1-c1ccccn1. The van der Waals surface area contributed by atoms with E-state index in [1.807, 2.05) is 32.0 Å². The highest BCUT2D eigenvalue weighted by Gasteiger charge is 2.24. The Balaban J connectivity index is 1.51. The maximum absolute atomic E-state index is 12.7. The molecular formula is C17H19N7O. The third kappa shape index (κ3) is 2.79. The molecule has 1 N–H and O–H groups in total. The van der Waals surface area contributed by atoms with Gasteiger partial charge in [-0.05, 0) is 32.4 Å². The lowest BCUT2D eigenvalue weighted by Gasteiger charge is -2.24. The van der Waals surface area contributed by atoms with Crippen LogP contribution in [0.2, 0.25) is 0 Å². The Morgan fingerprint density at radius 1 is 1.28 bits per heavy atom. The number of pyridine rings is 1. The number of aromatic nitrogens is 6. The molecule has 1 atom stereocenters. The molecule has 128 valence electrons. The average Bonchev–Trinajstić information content (AvgIpc) is 3.19. The summed E-state index contributed by atoms with van der Waals surface area (Å²) in [6, 6.07) is 5.66. The van der Waals surface area contributed by atoms with Gasteiger partial charge in [-0.25, -0.2) is 9.67 Å². The fourth-order valence-corrected chi connectivity index (χ4v) is 3.19. The highest BCUT2D eigenvalue weighted by molar-refractivity contribution is 5.95. The summed E-state index contributed by atoms with van der Waals surface area (Å²) in [5.41, 5.74) is 1.34. The standard InChI is InChI=1S/C17H19N7O/c1-11-14(9-19-24(11)15-5-3-4-8-18-15)17(25)20-13-6-7-16-22-21-12(2)23(16)10-13/h3-5,8-9,13H,6-7,10H2,1-2H3,(H,20,25)/t13-/m0/s1. The number of nitrogens with one attached hydrogen (secondary N) is 1. The lowest BCUT2D eigenvalue weighted by atomic mass is 10.1. The van der Waals surface area contributed by atoms with Gasteiger partial charge in [0.1, 0.15) is 11.6 Å². The molecule has 1 aliphatic rings. The van der Waals surface area contributed by atoms with E-state index in [1.54, 1.807) is 17.1 Å². The van der Waals surface area contributed by atoms with Gasteiger partial charge in [0.05, 0.1) is 17.5 Å². The molecule has 3 aromatic rings. The second kappa shape index (κ2) is 6.12. The van der Waals surface area contributed by atoms with E-state index in [-0.39, 0.29) is 11.9 Å². The molecule has 3 aromatic heterocycles. The normalized spacial score (nSPS) is 16.5. The maximum atomic E-state index is 12.7. The van der Waals surface area contributed by atoms with E-state index in [1.165, 1.54) is 0 Å². The van der Waals surface area contributed by atoms with E-state index in [0.29, 0.717) is 17.9 Å². The van der Waals surface area contributed by atoms with Crippen LogP contribution >= 0.6 is 0 Å². The van der Waals surface area contributed by atoms with Crippen molar-refractivity contribution < 1.29 is 4.79 Å². The minimum atomic E-state index is -0.112. The van der Waals surface area contributed by atoms with Crippen molar-refractivity contribution in [2.45, 2.75) is 39.3 Å². The minimum Gasteiger partial charge on any atom is -0.347 e. The number of fused-ring (bicyclic) bond motifs is 1. The number of aryl methyl sites for hydroxylation is 2. The van der Waals surface area contributed by atoms with Crippen LogP contribution in [0.3, 0.4) is 0 Å². The van der Waals surface area contributed by atoms with Crippen LogP contribution in [0.1, 0.15) is 34.1 Å². The molecule has 8 nitrogen and oxygen atoms in total. The zero-order chi connectivity index (χ0) is 17.4. The molecule has 0 saturated carbocycles. The molecule has 0 unspecified atom stereocenters. The number of carbonyl (C=O) groups is 1. The highest BCUT2D eigenvalue weighted by atomic mass is 16.1. The predicted molar refractivity (Wildman–Crippen MR) is 90.4 cm³/mol. The number of hydrogen-bond acceptors (Lipinski definition) is 5. The van der Waals surface area contributed by atoms with Gasteiger partial charge in [-0.15, -0.1) is 10.2 Å². The fourth-order valence-electron chi connectivity index (χ4n) is 3.19. The van der Waals surface area contributed by atoms with Crippen LogP contribution in [0.4, 0.5) is 0 Å². The molecule has 0 fully saturated rings. The Labute approximate surface area is 144 Å². The van der Waals surface area contributed by atoms with Gasteiger partial charge >= 0.3 is 0 Å². The maximum Gasteiger partial charge on any atom is 0.255 e. The van der Waals surface area contributed by atoms with Crippen LogP contribution in [0, 0.1) is 13.8 Å².